The van der Waals surface area contributed by atoms with E-state index >= 15 is 0 Å². The molecule has 2 heterocycles. The van der Waals surface area contributed by atoms with Crippen LogP contribution in [0.15, 0.2) is 71.6 Å². The van der Waals surface area contributed by atoms with Crippen LogP contribution in [0.25, 0.3) is 0 Å². The summed E-state index contributed by atoms with van der Waals surface area (Å²) in [6.07, 6.45) is 0.862. The summed E-state index contributed by atoms with van der Waals surface area (Å²) in [7, 11) is -3.29. The lowest BCUT2D eigenvalue weighted by Crippen LogP contribution is -2.44. The number of carboxylic acids is 1. The highest BCUT2D eigenvalue weighted by Gasteiger charge is 2.34. The Morgan fingerprint density at radius 3 is 2.55 bits per heavy atom. The van der Waals surface area contributed by atoms with Crippen molar-refractivity contribution >= 4 is 27.6 Å². The number of hydrogen-bond donors (Lipinski definition) is 3. The fourth-order valence-corrected chi connectivity index (χ4v) is 5.64. The van der Waals surface area contributed by atoms with Gasteiger partial charge in [0.1, 0.15) is 11.5 Å². The number of rotatable bonds is 4. The number of aromatic carboxylic acids is 1. The maximum atomic E-state index is 12.8. The van der Waals surface area contributed by atoms with Crippen molar-refractivity contribution in [1.29, 1.82) is 0 Å². The molecular weight excluding hydrogens is 562 g/mol. The Hall–Kier alpha value is -4.26. The van der Waals surface area contributed by atoms with Crippen LogP contribution in [0.2, 0.25) is 0 Å². The third kappa shape index (κ3) is 7.32. The van der Waals surface area contributed by atoms with Crippen molar-refractivity contribution in [2.75, 3.05) is 25.9 Å². The minimum Gasteiger partial charge on any atom is -0.478 e. The first-order valence-corrected chi connectivity index (χ1v) is 15.3. The van der Waals surface area contributed by atoms with Crippen LogP contribution in [0, 0.1) is 0 Å². The van der Waals surface area contributed by atoms with E-state index in [2.05, 4.69) is 15.5 Å². The van der Waals surface area contributed by atoms with Crippen molar-refractivity contribution in [1.82, 2.24) is 15.5 Å². The second-order valence-corrected chi connectivity index (χ2v) is 12.5. The summed E-state index contributed by atoms with van der Waals surface area (Å²) < 4.78 is 35.8. The zero-order valence-corrected chi connectivity index (χ0v) is 23.7. The molecule has 5 rings (SSSR count). The molecule has 11 nitrogen and oxygen atoms in total. The first-order chi connectivity index (χ1) is 20.0. The lowest BCUT2D eigenvalue weighted by Gasteiger charge is -2.20. The summed E-state index contributed by atoms with van der Waals surface area (Å²) >= 11 is 0. The number of amides is 2. The number of nitrogens with one attached hydrogen (secondary N) is 2. The smallest absolute Gasteiger partial charge is 0.335 e. The molecule has 3 aromatic carbocycles. The number of fused-ring (bicyclic) bond motifs is 5. The minimum atomic E-state index is -3.29. The van der Waals surface area contributed by atoms with Crippen molar-refractivity contribution in [2.45, 2.75) is 36.6 Å². The van der Waals surface area contributed by atoms with Crippen LogP contribution in [-0.2, 0) is 32.5 Å². The highest BCUT2D eigenvalue weighted by atomic mass is 32.2. The Labute approximate surface area is 243 Å². The largest absolute Gasteiger partial charge is 0.478 e. The molecule has 3 aromatic rings. The number of carbonyl (C=O) groups is 3. The number of ether oxygens (including phenoxy) is 2. The van der Waals surface area contributed by atoms with Crippen molar-refractivity contribution in [3.63, 3.8) is 0 Å². The van der Waals surface area contributed by atoms with Gasteiger partial charge < -0.3 is 25.2 Å². The summed E-state index contributed by atoms with van der Waals surface area (Å²) in [5, 5.41) is 15.2. The molecule has 2 aliphatic heterocycles. The molecule has 42 heavy (non-hydrogen) atoms. The third-order valence-corrected chi connectivity index (χ3v) is 8.23. The van der Waals surface area contributed by atoms with E-state index in [-0.39, 0.29) is 59.4 Å². The summed E-state index contributed by atoms with van der Waals surface area (Å²) in [4.78, 5) is 39.7. The van der Waals surface area contributed by atoms with Gasteiger partial charge in [-0.05, 0) is 53.6 Å². The Kier molecular flexibility index (Phi) is 8.57. The molecule has 0 aromatic heterocycles. The standard InChI is InChI=1S/C30H31N3O8S/c1-42(38,39)25-7-5-19(6-8-25)15-33-16-26-27(17-33)40-18-20-3-2-4-23(11-20)41-24-13-21(12-22(14-24)30(36)37)29(35)31-10-9-28(34)32-26/h2-8,11-14,26-27H,9-10,15-18H2,1H3,(H,31,35)(H,32,34)(H,36,37)/t26-,27-/m0/s1. The van der Waals surface area contributed by atoms with Gasteiger partial charge in [-0.25, -0.2) is 13.2 Å². The SMILES string of the molecule is CS(=O)(=O)c1ccc(CN2C[C@@H]3NC(=O)CCNC(=O)c4cc(cc(C(=O)O)c4)Oc4cccc(c4)CO[C@H]3C2)cc1. The van der Waals surface area contributed by atoms with Crippen LogP contribution < -0.4 is 15.4 Å². The van der Waals surface area contributed by atoms with Gasteiger partial charge in [0, 0.05) is 44.4 Å². The van der Waals surface area contributed by atoms with E-state index in [4.69, 9.17) is 9.47 Å². The molecule has 3 N–H and O–H groups in total. The highest BCUT2D eigenvalue weighted by molar-refractivity contribution is 7.90. The molecule has 1 fully saturated rings. The van der Waals surface area contributed by atoms with Crippen LogP contribution in [-0.4, -0.2) is 74.2 Å². The van der Waals surface area contributed by atoms with Gasteiger partial charge in [0.2, 0.25) is 5.91 Å². The number of nitrogens with zero attached hydrogens (tertiary/aromatic N) is 1. The maximum absolute atomic E-state index is 12.8. The molecule has 0 saturated carbocycles. The van der Waals surface area contributed by atoms with E-state index in [9.17, 15) is 27.9 Å². The van der Waals surface area contributed by atoms with Gasteiger partial charge in [0.05, 0.1) is 29.2 Å². The van der Waals surface area contributed by atoms with Crippen molar-refractivity contribution in [3.8, 4) is 11.5 Å². The fraction of sp³-hybridized carbons (Fsp3) is 0.300. The fourth-order valence-electron chi connectivity index (χ4n) is 5.01. The average molecular weight is 594 g/mol. The Bertz CT molecular complexity index is 1610. The molecular formula is C30H31N3O8S. The summed E-state index contributed by atoms with van der Waals surface area (Å²) in [6, 6.07) is 17.6. The van der Waals surface area contributed by atoms with E-state index in [1.54, 1.807) is 42.5 Å². The zero-order valence-electron chi connectivity index (χ0n) is 22.9. The third-order valence-electron chi connectivity index (χ3n) is 7.10. The van der Waals surface area contributed by atoms with Gasteiger partial charge in [-0.2, -0.15) is 0 Å². The van der Waals surface area contributed by atoms with Crippen molar-refractivity contribution in [3.05, 3.63) is 89.0 Å². The molecule has 2 aliphatic rings. The van der Waals surface area contributed by atoms with Crippen LogP contribution >= 0.6 is 0 Å². The second-order valence-electron chi connectivity index (χ2n) is 10.4. The van der Waals surface area contributed by atoms with Crippen LogP contribution in [0.1, 0.15) is 38.3 Å². The molecule has 2 amide bonds. The molecule has 12 heteroatoms. The first kappa shape index (κ1) is 29.2. The Morgan fingerprint density at radius 1 is 1.02 bits per heavy atom. The first-order valence-electron chi connectivity index (χ1n) is 13.4. The number of carboxylic acid groups (broad SMARTS) is 1. The van der Waals surface area contributed by atoms with E-state index in [0.717, 1.165) is 11.1 Å². The molecule has 1 saturated heterocycles. The van der Waals surface area contributed by atoms with Gasteiger partial charge in [-0.15, -0.1) is 0 Å². The Morgan fingerprint density at radius 2 is 1.81 bits per heavy atom. The van der Waals surface area contributed by atoms with Gasteiger partial charge in [-0.1, -0.05) is 24.3 Å². The molecule has 0 spiro atoms. The van der Waals surface area contributed by atoms with E-state index in [1.807, 2.05) is 6.07 Å². The van der Waals surface area contributed by atoms with E-state index in [1.165, 1.54) is 24.5 Å². The normalized spacial score (nSPS) is 20.0. The van der Waals surface area contributed by atoms with Gasteiger partial charge in [0.15, 0.2) is 9.84 Å². The Balaban J connectivity index is 1.35. The average Bonchev–Trinajstić information content (AvgIpc) is 3.31. The monoisotopic (exact) mass is 593 g/mol. The maximum Gasteiger partial charge on any atom is 0.335 e. The van der Waals surface area contributed by atoms with E-state index < -0.39 is 21.7 Å². The molecule has 0 radical (unpaired) electrons. The van der Waals surface area contributed by atoms with Crippen LogP contribution in [0.5, 0.6) is 11.5 Å². The number of likely N-dealkylation sites (tertiary alicyclic amines) is 1. The predicted molar refractivity (Wildman–Crippen MR) is 152 cm³/mol. The van der Waals surface area contributed by atoms with Crippen molar-refractivity contribution < 1.29 is 37.4 Å². The second kappa shape index (κ2) is 12.3. The lowest BCUT2D eigenvalue weighted by atomic mass is 10.1. The molecule has 4 bridgehead atoms. The van der Waals surface area contributed by atoms with Gasteiger partial charge >= 0.3 is 5.97 Å². The number of hydrogen-bond acceptors (Lipinski definition) is 8. The number of sulfone groups is 1. The minimum absolute atomic E-state index is 0.0185. The van der Waals surface area contributed by atoms with Crippen LogP contribution in [0.3, 0.4) is 0 Å². The molecule has 0 unspecified atom stereocenters. The highest BCUT2D eigenvalue weighted by Crippen LogP contribution is 2.26. The molecule has 220 valence electrons. The van der Waals surface area contributed by atoms with Crippen molar-refractivity contribution in [2.24, 2.45) is 0 Å². The molecule has 0 aliphatic carbocycles. The lowest BCUT2D eigenvalue weighted by molar-refractivity contribution is -0.122. The van der Waals surface area contributed by atoms with Crippen LogP contribution in [0.4, 0.5) is 0 Å². The number of carbonyl (C=O) groups excluding carboxylic acids is 2. The quantitative estimate of drug-likeness (QED) is 0.415. The predicted octanol–water partition coefficient (Wildman–Crippen LogP) is 2.60. The topological polar surface area (TPSA) is 151 Å². The number of benzene rings is 3. The van der Waals surface area contributed by atoms with E-state index in [0.29, 0.717) is 25.4 Å². The zero-order chi connectivity index (χ0) is 29.9. The van der Waals surface area contributed by atoms with Gasteiger partial charge in [0.25, 0.3) is 5.91 Å². The summed E-state index contributed by atoms with van der Waals surface area (Å²) in [5.74, 6) is -1.35. The molecule has 2 atom stereocenters. The van der Waals surface area contributed by atoms with Gasteiger partial charge in [-0.3, -0.25) is 14.5 Å². The summed E-state index contributed by atoms with van der Waals surface area (Å²) in [6.45, 7) is 1.89. The summed E-state index contributed by atoms with van der Waals surface area (Å²) in [5.41, 5.74) is 1.75.